The Morgan fingerprint density at radius 1 is 1.48 bits per heavy atom. The van der Waals surface area contributed by atoms with Gasteiger partial charge in [-0.2, -0.15) is 0 Å². The van der Waals surface area contributed by atoms with E-state index in [4.69, 9.17) is 9.84 Å². The van der Waals surface area contributed by atoms with E-state index in [1.54, 1.807) is 13.0 Å². The van der Waals surface area contributed by atoms with E-state index in [0.29, 0.717) is 20.7 Å². The Bertz CT molecular complexity index is 755. The first-order valence-electron chi connectivity index (χ1n) is 6.06. The Kier molecular flexibility index (Phi) is 4.61. The van der Waals surface area contributed by atoms with Crippen molar-refractivity contribution >= 4 is 28.6 Å². The molecule has 0 radical (unpaired) electrons. The topological polar surface area (TPSA) is 81.4 Å². The summed E-state index contributed by atoms with van der Waals surface area (Å²) >= 11 is 1.92. The summed E-state index contributed by atoms with van der Waals surface area (Å²) in [6.07, 6.45) is 1.51. The molecule has 0 amide bonds. The van der Waals surface area contributed by atoms with Crippen molar-refractivity contribution in [3.63, 3.8) is 0 Å². The summed E-state index contributed by atoms with van der Waals surface area (Å²) in [5.41, 5.74) is 0.604. The number of aromatic nitrogens is 2. The highest BCUT2D eigenvalue weighted by Crippen LogP contribution is 2.21. The van der Waals surface area contributed by atoms with Gasteiger partial charge < -0.3 is 9.84 Å². The maximum absolute atomic E-state index is 12.2. The number of hydrogen-bond acceptors (Lipinski definition) is 4. The average Bonchev–Trinajstić information content (AvgIpc) is 2.47. The van der Waals surface area contributed by atoms with E-state index in [-0.39, 0.29) is 17.7 Å². The SMILES string of the molecule is COc1ccc(C(=O)O)cc1Cn1c(C)ncc(I)c1=O. The molecule has 0 saturated carbocycles. The molecule has 21 heavy (non-hydrogen) atoms. The van der Waals surface area contributed by atoms with Crippen LogP contribution in [0.5, 0.6) is 5.75 Å². The number of halogens is 1. The first-order valence-corrected chi connectivity index (χ1v) is 7.14. The number of carboxylic acids is 1. The normalized spacial score (nSPS) is 10.4. The van der Waals surface area contributed by atoms with E-state index in [0.717, 1.165) is 0 Å². The standard InChI is InChI=1S/C14H13IN2O4/c1-8-16-6-11(15)13(18)17(8)7-10-5-9(14(19)20)3-4-12(10)21-2/h3-6H,7H2,1-2H3,(H,19,20). The lowest BCUT2D eigenvalue weighted by molar-refractivity contribution is 0.0696. The maximum Gasteiger partial charge on any atom is 0.335 e. The smallest absolute Gasteiger partial charge is 0.335 e. The lowest BCUT2D eigenvalue weighted by Gasteiger charge is -2.13. The molecule has 0 bridgehead atoms. The van der Waals surface area contributed by atoms with Crippen molar-refractivity contribution in [2.75, 3.05) is 7.11 Å². The van der Waals surface area contributed by atoms with E-state index < -0.39 is 5.97 Å². The van der Waals surface area contributed by atoms with E-state index in [1.165, 1.54) is 30.0 Å². The van der Waals surface area contributed by atoms with Crippen LogP contribution in [0, 0.1) is 10.5 Å². The van der Waals surface area contributed by atoms with Gasteiger partial charge in [0.2, 0.25) is 0 Å². The largest absolute Gasteiger partial charge is 0.496 e. The number of carboxylic acid groups (broad SMARTS) is 1. The molecule has 2 aromatic rings. The summed E-state index contributed by atoms with van der Waals surface area (Å²) in [6, 6.07) is 4.56. The quantitative estimate of drug-likeness (QED) is 0.794. The summed E-state index contributed by atoms with van der Waals surface area (Å²) in [5, 5.41) is 9.07. The minimum Gasteiger partial charge on any atom is -0.496 e. The zero-order valence-electron chi connectivity index (χ0n) is 11.5. The summed E-state index contributed by atoms with van der Waals surface area (Å²) < 4.78 is 7.23. The maximum atomic E-state index is 12.2. The van der Waals surface area contributed by atoms with Crippen LogP contribution in [-0.4, -0.2) is 27.7 Å². The molecule has 1 aromatic heterocycles. The number of nitrogens with zero attached hydrogens (tertiary/aromatic N) is 2. The summed E-state index contributed by atoms with van der Waals surface area (Å²) in [4.78, 5) is 27.4. The second-order valence-corrected chi connectivity index (χ2v) is 5.54. The third kappa shape index (κ3) is 3.23. The summed E-state index contributed by atoms with van der Waals surface area (Å²) in [5.74, 6) is 0.0668. The zero-order chi connectivity index (χ0) is 15.6. The fraction of sp³-hybridized carbons (Fsp3) is 0.214. The van der Waals surface area contributed by atoms with Gasteiger partial charge in [0.25, 0.3) is 5.56 Å². The van der Waals surface area contributed by atoms with Gasteiger partial charge in [-0.1, -0.05) is 0 Å². The highest BCUT2D eigenvalue weighted by atomic mass is 127. The van der Waals surface area contributed by atoms with Crippen molar-refractivity contribution in [2.45, 2.75) is 13.5 Å². The molecule has 0 unspecified atom stereocenters. The van der Waals surface area contributed by atoms with Gasteiger partial charge in [-0.05, 0) is 47.7 Å². The number of aromatic carboxylic acids is 1. The van der Waals surface area contributed by atoms with Gasteiger partial charge >= 0.3 is 5.97 Å². The zero-order valence-corrected chi connectivity index (χ0v) is 13.6. The molecular formula is C14H13IN2O4. The number of methoxy groups -OCH3 is 1. The van der Waals surface area contributed by atoms with E-state index >= 15 is 0 Å². The molecular weight excluding hydrogens is 387 g/mol. The molecule has 1 heterocycles. The molecule has 0 aliphatic heterocycles. The number of hydrogen-bond donors (Lipinski definition) is 1. The Morgan fingerprint density at radius 3 is 2.81 bits per heavy atom. The minimum absolute atomic E-state index is 0.148. The molecule has 0 spiro atoms. The highest BCUT2D eigenvalue weighted by Gasteiger charge is 2.12. The highest BCUT2D eigenvalue weighted by molar-refractivity contribution is 14.1. The van der Waals surface area contributed by atoms with Crippen LogP contribution >= 0.6 is 22.6 Å². The van der Waals surface area contributed by atoms with Gasteiger partial charge in [0, 0.05) is 11.8 Å². The van der Waals surface area contributed by atoms with Crippen molar-refractivity contribution in [3.05, 3.63) is 55.3 Å². The van der Waals surface area contributed by atoms with Gasteiger partial charge in [-0.15, -0.1) is 0 Å². The van der Waals surface area contributed by atoms with E-state index in [1.807, 2.05) is 22.6 Å². The Hall–Kier alpha value is -1.90. The minimum atomic E-state index is -1.02. The predicted molar refractivity (Wildman–Crippen MR) is 85.0 cm³/mol. The van der Waals surface area contributed by atoms with Crippen LogP contribution in [0.15, 0.2) is 29.2 Å². The molecule has 0 aliphatic rings. The van der Waals surface area contributed by atoms with Crippen molar-refractivity contribution in [2.24, 2.45) is 0 Å². The molecule has 0 saturated heterocycles. The van der Waals surface area contributed by atoms with Crippen LogP contribution in [0.1, 0.15) is 21.7 Å². The monoisotopic (exact) mass is 400 g/mol. The van der Waals surface area contributed by atoms with Crippen molar-refractivity contribution in [1.29, 1.82) is 0 Å². The van der Waals surface area contributed by atoms with Crippen molar-refractivity contribution in [3.8, 4) is 5.75 Å². The Balaban J connectivity index is 2.53. The van der Waals surface area contributed by atoms with Crippen LogP contribution in [0.25, 0.3) is 0 Å². The average molecular weight is 400 g/mol. The molecule has 1 N–H and O–H groups in total. The van der Waals surface area contributed by atoms with Gasteiger partial charge in [-0.3, -0.25) is 9.36 Å². The van der Waals surface area contributed by atoms with Crippen LogP contribution in [0.4, 0.5) is 0 Å². The predicted octanol–water partition coefficient (Wildman–Crippen LogP) is 1.91. The van der Waals surface area contributed by atoms with Gasteiger partial charge in [0.15, 0.2) is 0 Å². The first kappa shape index (κ1) is 15.5. The third-order valence-corrected chi connectivity index (χ3v) is 3.80. The number of aryl methyl sites for hydroxylation is 1. The summed E-state index contributed by atoms with van der Waals surface area (Å²) in [6.45, 7) is 1.93. The summed E-state index contributed by atoms with van der Waals surface area (Å²) in [7, 11) is 1.50. The van der Waals surface area contributed by atoms with Gasteiger partial charge in [0.05, 0.1) is 22.8 Å². The number of carbonyl (C=O) groups is 1. The molecule has 2 rings (SSSR count). The van der Waals surface area contributed by atoms with Crippen LogP contribution in [-0.2, 0) is 6.54 Å². The fourth-order valence-electron chi connectivity index (χ4n) is 1.94. The van der Waals surface area contributed by atoms with E-state index in [9.17, 15) is 9.59 Å². The number of rotatable bonds is 4. The number of benzene rings is 1. The Morgan fingerprint density at radius 2 is 2.19 bits per heavy atom. The first-order chi connectivity index (χ1) is 9.93. The second kappa shape index (κ2) is 6.25. The van der Waals surface area contributed by atoms with E-state index in [2.05, 4.69) is 4.98 Å². The number of ether oxygens (including phenoxy) is 1. The van der Waals surface area contributed by atoms with Crippen molar-refractivity contribution in [1.82, 2.24) is 9.55 Å². The molecule has 0 atom stereocenters. The molecule has 6 nitrogen and oxygen atoms in total. The lowest BCUT2D eigenvalue weighted by Crippen LogP contribution is -2.26. The van der Waals surface area contributed by atoms with Crippen LogP contribution in [0.3, 0.4) is 0 Å². The second-order valence-electron chi connectivity index (χ2n) is 4.38. The molecule has 0 fully saturated rings. The van der Waals surface area contributed by atoms with Crippen LogP contribution < -0.4 is 10.3 Å². The van der Waals surface area contributed by atoms with Crippen molar-refractivity contribution < 1.29 is 14.6 Å². The van der Waals surface area contributed by atoms with Gasteiger partial charge in [-0.25, -0.2) is 9.78 Å². The lowest BCUT2D eigenvalue weighted by atomic mass is 10.1. The molecule has 1 aromatic carbocycles. The Labute approximate surface area is 134 Å². The molecule has 7 heteroatoms. The van der Waals surface area contributed by atoms with Crippen LogP contribution in [0.2, 0.25) is 0 Å². The molecule has 0 aliphatic carbocycles. The molecule has 110 valence electrons. The fourth-order valence-corrected chi connectivity index (χ4v) is 2.37. The third-order valence-electron chi connectivity index (χ3n) is 3.06. The van der Waals surface area contributed by atoms with Gasteiger partial charge in [0.1, 0.15) is 11.6 Å².